The number of allylic oxidation sites excluding steroid dienone is 1. The van der Waals surface area contributed by atoms with E-state index in [2.05, 4.69) is 12.2 Å². The largest absolute Gasteiger partial charge is 0.323 e. The van der Waals surface area contributed by atoms with E-state index < -0.39 is 0 Å². The van der Waals surface area contributed by atoms with Crippen molar-refractivity contribution < 1.29 is 4.79 Å². The number of rotatable bonds is 24. The fraction of sp³-hybridized carbons (Fsp3) is 0.719. The molecule has 0 saturated heterocycles. The molecule has 0 atom stereocenters. The first-order valence-electron chi connectivity index (χ1n) is 14.9. The Morgan fingerprint density at radius 2 is 0.971 bits per heavy atom. The van der Waals surface area contributed by atoms with Crippen LogP contribution in [0.15, 0.2) is 42.5 Å². The van der Waals surface area contributed by atoms with Gasteiger partial charge in [0.2, 0.25) is 5.91 Å². The highest BCUT2D eigenvalue weighted by molar-refractivity contribution is 5.99. The van der Waals surface area contributed by atoms with Gasteiger partial charge in [-0.05, 0) is 31.1 Å². The van der Waals surface area contributed by atoms with Crippen LogP contribution in [0.25, 0.3) is 0 Å². The summed E-state index contributed by atoms with van der Waals surface area (Å²) in [5, 5.41) is 2.88. The van der Waals surface area contributed by atoms with Crippen LogP contribution in [0.1, 0.15) is 148 Å². The zero-order valence-electron chi connectivity index (χ0n) is 22.5. The molecule has 0 aliphatic carbocycles. The van der Waals surface area contributed by atoms with Crippen LogP contribution in [0.4, 0.5) is 5.69 Å². The molecule has 0 saturated carbocycles. The molecule has 194 valence electrons. The molecule has 2 heteroatoms. The molecule has 0 fully saturated rings. The maximum atomic E-state index is 11.8. The van der Waals surface area contributed by atoms with Gasteiger partial charge in [0.15, 0.2) is 0 Å². The third-order valence-corrected chi connectivity index (χ3v) is 6.78. The quantitative estimate of drug-likeness (QED) is 0.118. The van der Waals surface area contributed by atoms with Gasteiger partial charge in [0.05, 0.1) is 0 Å². The van der Waals surface area contributed by atoms with E-state index in [-0.39, 0.29) is 5.91 Å². The smallest absolute Gasteiger partial charge is 0.248 e. The summed E-state index contributed by atoms with van der Waals surface area (Å²) in [5.74, 6) is -0.0327. The summed E-state index contributed by atoms with van der Waals surface area (Å²) in [6.07, 6.45) is 34.4. The fourth-order valence-electron chi connectivity index (χ4n) is 4.59. The molecule has 0 aliphatic rings. The van der Waals surface area contributed by atoms with E-state index >= 15 is 0 Å². The highest BCUT2D eigenvalue weighted by Crippen LogP contribution is 2.15. The molecule has 0 heterocycles. The van der Waals surface area contributed by atoms with Crippen molar-refractivity contribution in [3.63, 3.8) is 0 Å². The number of carbonyl (C=O) groups excluding carboxylic acids is 1. The van der Waals surface area contributed by atoms with Crippen molar-refractivity contribution in [1.29, 1.82) is 0 Å². The second-order valence-corrected chi connectivity index (χ2v) is 10.1. The van der Waals surface area contributed by atoms with E-state index in [0.717, 1.165) is 12.1 Å². The van der Waals surface area contributed by atoms with E-state index in [1.165, 1.54) is 135 Å². The molecule has 0 aromatic heterocycles. The molecule has 1 amide bonds. The van der Waals surface area contributed by atoms with Crippen LogP contribution in [0.5, 0.6) is 0 Å². The van der Waals surface area contributed by atoms with Gasteiger partial charge >= 0.3 is 0 Å². The number of carbonyl (C=O) groups is 1. The van der Waals surface area contributed by atoms with Crippen molar-refractivity contribution in [2.75, 3.05) is 5.32 Å². The Balaban J connectivity index is 1.72. The van der Waals surface area contributed by atoms with Crippen LogP contribution in [0, 0.1) is 0 Å². The predicted molar refractivity (Wildman–Crippen MR) is 151 cm³/mol. The number of amides is 1. The molecule has 0 bridgehead atoms. The van der Waals surface area contributed by atoms with Gasteiger partial charge in [-0.2, -0.15) is 0 Å². The molecular formula is C32H55NO. The van der Waals surface area contributed by atoms with E-state index in [9.17, 15) is 4.79 Å². The third kappa shape index (κ3) is 21.0. The normalized spacial score (nSPS) is 11.3. The molecule has 1 N–H and O–H groups in total. The van der Waals surface area contributed by atoms with Gasteiger partial charge in [-0.25, -0.2) is 0 Å². The average Bonchev–Trinajstić information content (AvgIpc) is 2.85. The zero-order valence-corrected chi connectivity index (χ0v) is 22.5. The van der Waals surface area contributed by atoms with Gasteiger partial charge in [-0.3, -0.25) is 4.79 Å². The van der Waals surface area contributed by atoms with Gasteiger partial charge in [0.25, 0.3) is 0 Å². The molecule has 2 nitrogen and oxygen atoms in total. The standard InChI is InChI=1S/C32H55NO/c1-2-3-4-5-6-7-8-9-10-11-12-13-14-15-16-17-18-19-20-21-22-23-27-30-32(34)33-31-28-25-24-26-29-31/h24-30H,2-23H2,1H3,(H,33,34). The first-order valence-corrected chi connectivity index (χ1v) is 14.9. The average molecular weight is 470 g/mol. The Morgan fingerprint density at radius 1 is 0.588 bits per heavy atom. The Morgan fingerprint density at radius 3 is 1.38 bits per heavy atom. The van der Waals surface area contributed by atoms with E-state index in [1.807, 2.05) is 36.4 Å². The van der Waals surface area contributed by atoms with E-state index in [0.29, 0.717) is 0 Å². The van der Waals surface area contributed by atoms with Crippen molar-refractivity contribution >= 4 is 11.6 Å². The monoisotopic (exact) mass is 469 g/mol. The van der Waals surface area contributed by atoms with Crippen LogP contribution < -0.4 is 5.32 Å². The molecule has 34 heavy (non-hydrogen) atoms. The number of hydrogen-bond acceptors (Lipinski definition) is 1. The van der Waals surface area contributed by atoms with E-state index in [4.69, 9.17) is 0 Å². The Hall–Kier alpha value is -1.57. The summed E-state index contributed by atoms with van der Waals surface area (Å²) in [5.41, 5.74) is 0.853. The molecule has 1 aromatic carbocycles. The molecule has 0 aliphatic heterocycles. The number of hydrogen-bond donors (Lipinski definition) is 1. The summed E-state index contributed by atoms with van der Waals surface area (Å²) in [6.45, 7) is 2.29. The molecule has 1 aromatic rings. The first kappa shape index (κ1) is 30.5. The number of nitrogens with one attached hydrogen (secondary N) is 1. The molecule has 0 radical (unpaired) electrons. The molecule has 0 unspecified atom stereocenters. The fourth-order valence-corrected chi connectivity index (χ4v) is 4.59. The van der Waals surface area contributed by atoms with Crippen LogP contribution in [-0.2, 0) is 4.79 Å². The predicted octanol–water partition coefficient (Wildman–Crippen LogP) is 10.8. The second-order valence-electron chi connectivity index (χ2n) is 10.1. The van der Waals surface area contributed by atoms with E-state index in [1.54, 1.807) is 6.08 Å². The maximum Gasteiger partial charge on any atom is 0.248 e. The molecule has 1 rings (SSSR count). The Labute approximate surface area is 212 Å². The van der Waals surface area contributed by atoms with Crippen LogP contribution in [0.2, 0.25) is 0 Å². The first-order chi connectivity index (χ1) is 16.8. The van der Waals surface area contributed by atoms with Crippen molar-refractivity contribution in [1.82, 2.24) is 0 Å². The Kier molecular flexibility index (Phi) is 22.0. The summed E-state index contributed by atoms with van der Waals surface area (Å²) >= 11 is 0. The lowest BCUT2D eigenvalue weighted by Gasteiger charge is -2.04. The van der Waals surface area contributed by atoms with Crippen LogP contribution >= 0.6 is 0 Å². The van der Waals surface area contributed by atoms with Crippen LogP contribution in [0.3, 0.4) is 0 Å². The summed E-state index contributed by atoms with van der Waals surface area (Å²) < 4.78 is 0. The van der Waals surface area contributed by atoms with Crippen molar-refractivity contribution in [3.05, 3.63) is 42.5 Å². The highest BCUT2D eigenvalue weighted by Gasteiger charge is 1.97. The minimum absolute atomic E-state index is 0.0327. The van der Waals surface area contributed by atoms with Gasteiger partial charge in [0, 0.05) is 5.69 Å². The zero-order chi connectivity index (χ0) is 24.4. The minimum atomic E-state index is -0.0327. The maximum absolute atomic E-state index is 11.8. The van der Waals surface area contributed by atoms with Gasteiger partial charge < -0.3 is 5.32 Å². The number of anilines is 1. The lowest BCUT2D eigenvalue weighted by Crippen LogP contribution is -2.07. The van der Waals surface area contributed by atoms with Crippen molar-refractivity contribution in [2.24, 2.45) is 0 Å². The summed E-state index contributed by atoms with van der Waals surface area (Å²) in [7, 11) is 0. The second kappa shape index (κ2) is 24.6. The third-order valence-electron chi connectivity index (χ3n) is 6.78. The topological polar surface area (TPSA) is 29.1 Å². The lowest BCUT2D eigenvalue weighted by molar-refractivity contribution is -0.111. The molecule has 0 spiro atoms. The molecular weight excluding hydrogens is 414 g/mol. The minimum Gasteiger partial charge on any atom is -0.323 e. The van der Waals surface area contributed by atoms with Crippen molar-refractivity contribution in [2.45, 2.75) is 148 Å². The highest BCUT2D eigenvalue weighted by atomic mass is 16.1. The van der Waals surface area contributed by atoms with Crippen molar-refractivity contribution in [3.8, 4) is 0 Å². The van der Waals surface area contributed by atoms with Gasteiger partial charge in [-0.15, -0.1) is 0 Å². The van der Waals surface area contributed by atoms with Gasteiger partial charge in [0.1, 0.15) is 0 Å². The number of benzene rings is 1. The Bertz CT molecular complexity index is 580. The lowest BCUT2D eigenvalue weighted by atomic mass is 10.0. The SMILES string of the molecule is CCCCCCCCCCCCCCCCCCCCCCCC=CC(=O)Nc1ccccc1. The number of unbranched alkanes of at least 4 members (excludes halogenated alkanes) is 21. The van der Waals surface area contributed by atoms with Crippen LogP contribution in [-0.4, -0.2) is 5.91 Å². The summed E-state index contributed by atoms with van der Waals surface area (Å²) in [6, 6.07) is 9.63. The number of para-hydroxylation sites is 1. The van der Waals surface area contributed by atoms with Gasteiger partial charge in [-0.1, -0.05) is 160 Å². The summed E-state index contributed by atoms with van der Waals surface area (Å²) in [4.78, 5) is 11.8.